The van der Waals surface area contributed by atoms with Crippen LogP contribution in [0.15, 0.2) is 0 Å². The normalized spacial score (nSPS) is 25.4. The van der Waals surface area contributed by atoms with Crippen LogP contribution in [0, 0.1) is 0 Å². The summed E-state index contributed by atoms with van der Waals surface area (Å²) in [4.78, 5) is 9.73. The van der Waals surface area contributed by atoms with Gasteiger partial charge in [-0.05, 0) is 13.8 Å². The van der Waals surface area contributed by atoms with Crippen molar-refractivity contribution in [3.05, 3.63) is 0 Å². The lowest BCUT2D eigenvalue weighted by Crippen LogP contribution is -2.26. The van der Waals surface area contributed by atoms with E-state index in [1.807, 2.05) is 0 Å². The standard InChI is InChI=1S/C8H12Cl2O4/c1-8(2)13-4-5(14-8)3-12-7(11)6(9)10/h5-6H,3-4H2,1-2H3. The van der Waals surface area contributed by atoms with Crippen molar-refractivity contribution in [3.63, 3.8) is 0 Å². The van der Waals surface area contributed by atoms with E-state index in [0.717, 1.165) is 0 Å². The molecule has 1 fully saturated rings. The van der Waals surface area contributed by atoms with Crippen molar-refractivity contribution >= 4 is 29.2 Å². The van der Waals surface area contributed by atoms with Gasteiger partial charge in [-0.3, -0.25) is 0 Å². The molecule has 0 aromatic rings. The summed E-state index contributed by atoms with van der Waals surface area (Å²) >= 11 is 10.6. The molecule has 4 nitrogen and oxygen atoms in total. The van der Waals surface area contributed by atoms with Crippen molar-refractivity contribution in [2.75, 3.05) is 13.2 Å². The maximum atomic E-state index is 10.9. The number of halogens is 2. The summed E-state index contributed by atoms with van der Waals surface area (Å²) in [5.74, 6) is -1.28. The number of carbonyl (C=O) groups excluding carboxylic acids is 1. The highest BCUT2D eigenvalue weighted by Gasteiger charge is 2.33. The molecule has 0 aliphatic carbocycles. The third-order valence-corrected chi connectivity index (χ3v) is 2.01. The third kappa shape index (κ3) is 3.61. The highest BCUT2D eigenvalue weighted by molar-refractivity contribution is 6.52. The fraction of sp³-hybridized carbons (Fsp3) is 0.875. The van der Waals surface area contributed by atoms with E-state index in [1.54, 1.807) is 13.8 Å². The van der Waals surface area contributed by atoms with Crippen LogP contribution in [0.25, 0.3) is 0 Å². The van der Waals surface area contributed by atoms with Gasteiger partial charge in [0.15, 0.2) is 5.79 Å². The molecule has 0 amide bonds. The molecule has 1 rings (SSSR count). The van der Waals surface area contributed by atoms with Crippen LogP contribution in [0.4, 0.5) is 0 Å². The molecular formula is C8H12Cl2O4. The number of rotatable bonds is 3. The van der Waals surface area contributed by atoms with Gasteiger partial charge in [-0.2, -0.15) is 0 Å². The van der Waals surface area contributed by atoms with Gasteiger partial charge in [0.2, 0.25) is 4.84 Å². The molecule has 0 radical (unpaired) electrons. The predicted octanol–water partition coefficient (Wildman–Crippen LogP) is 1.48. The number of carbonyl (C=O) groups is 1. The van der Waals surface area contributed by atoms with E-state index in [-0.39, 0.29) is 12.7 Å². The van der Waals surface area contributed by atoms with E-state index >= 15 is 0 Å². The fourth-order valence-electron chi connectivity index (χ4n) is 1.08. The summed E-state index contributed by atoms with van der Waals surface area (Å²) < 4.78 is 15.4. The molecule has 82 valence electrons. The Morgan fingerprint density at radius 3 is 2.71 bits per heavy atom. The molecule has 0 aromatic carbocycles. The Kier molecular flexibility index (Phi) is 4.01. The van der Waals surface area contributed by atoms with E-state index in [2.05, 4.69) is 0 Å². The van der Waals surface area contributed by atoms with Gasteiger partial charge in [-0.15, -0.1) is 0 Å². The summed E-state index contributed by atoms with van der Waals surface area (Å²) in [6.45, 7) is 4.09. The first-order valence-electron chi connectivity index (χ1n) is 4.17. The predicted molar refractivity (Wildman–Crippen MR) is 51.4 cm³/mol. The second-order valence-corrected chi connectivity index (χ2v) is 4.48. The Labute approximate surface area is 92.4 Å². The maximum Gasteiger partial charge on any atom is 0.339 e. The third-order valence-electron chi connectivity index (χ3n) is 1.66. The minimum atomic E-state index is -1.15. The van der Waals surface area contributed by atoms with Crippen molar-refractivity contribution in [3.8, 4) is 0 Å². The van der Waals surface area contributed by atoms with Crippen LogP contribution in [-0.2, 0) is 19.0 Å². The molecule has 1 unspecified atom stereocenters. The Balaban J connectivity index is 2.24. The second-order valence-electron chi connectivity index (χ2n) is 3.38. The Hall–Kier alpha value is -0.0300. The zero-order chi connectivity index (χ0) is 10.8. The Morgan fingerprint density at radius 2 is 2.29 bits per heavy atom. The van der Waals surface area contributed by atoms with Crippen molar-refractivity contribution in [2.24, 2.45) is 0 Å². The van der Waals surface area contributed by atoms with Gasteiger partial charge in [0.05, 0.1) is 6.61 Å². The van der Waals surface area contributed by atoms with Crippen LogP contribution >= 0.6 is 23.2 Å². The summed E-state index contributed by atoms with van der Waals surface area (Å²) in [5.41, 5.74) is 0. The summed E-state index contributed by atoms with van der Waals surface area (Å²) in [6, 6.07) is 0. The summed E-state index contributed by atoms with van der Waals surface area (Å²) in [6.07, 6.45) is -0.249. The van der Waals surface area contributed by atoms with Crippen LogP contribution in [0.2, 0.25) is 0 Å². The number of ether oxygens (including phenoxy) is 3. The van der Waals surface area contributed by atoms with Crippen molar-refractivity contribution in [1.82, 2.24) is 0 Å². The lowest BCUT2D eigenvalue weighted by Gasteiger charge is -2.16. The quantitative estimate of drug-likeness (QED) is 0.556. The molecule has 0 saturated carbocycles. The highest BCUT2D eigenvalue weighted by atomic mass is 35.5. The zero-order valence-corrected chi connectivity index (χ0v) is 9.47. The van der Waals surface area contributed by atoms with Gasteiger partial charge in [0.1, 0.15) is 12.7 Å². The minimum absolute atomic E-state index is 0.109. The Bertz CT molecular complexity index is 217. The van der Waals surface area contributed by atoms with Gasteiger partial charge < -0.3 is 14.2 Å². The van der Waals surface area contributed by atoms with Crippen LogP contribution in [-0.4, -0.2) is 35.9 Å². The molecule has 0 N–H and O–H groups in total. The van der Waals surface area contributed by atoms with Crippen molar-refractivity contribution in [1.29, 1.82) is 0 Å². The molecule has 1 aliphatic heterocycles. The molecule has 1 saturated heterocycles. The fourth-order valence-corrected chi connectivity index (χ4v) is 1.21. The average Bonchev–Trinajstić information content (AvgIpc) is 2.41. The Morgan fingerprint density at radius 1 is 1.64 bits per heavy atom. The first kappa shape index (κ1) is 12.0. The van der Waals surface area contributed by atoms with Gasteiger partial charge >= 0.3 is 5.97 Å². The number of hydrogen-bond donors (Lipinski definition) is 0. The number of hydrogen-bond acceptors (Lipinski definition) is 4. The molecule has 0 aromatic heterocycles. The number of alkyl halides is 2. The first-order chi connectivity index (χ1) is 6.41. The molecule has 1 heterocycles. The van der Waals surface area contributed by atoms with Gasteiger partial charge in [-0.25, -0.2) is 4.79 Å². The monoisotopic (exact) mass is 242 g/mol. The SMILES string of the molecule is CC1(C)OCC(COC(=O)C(Cl)Cl)O1. The first-order valence-corrected chi connectivity index (χ1v) is 5.04. The van der Waals surface area contributed by atoms with E-state index in [9.17, 15) is 4.79 Å². The van der Waals surface area contributed by atoms with E-state index < -0.39 is 16.6 Å². The summed E-state index contributed by atoms with van der Waals surface area (Å²) in [5, 5.41) is 0. The van der Waals surface area contributed by atoms with Crippen molar-refractivity contribution in [2.45, 2.75) is 30.6 Å². The van der Waals surface area contributed by atoms with E-state index in [0.29, 0.717) is 6.61 Å². The smallest absolute Gasteiger partial charge is 0.339 e. The van der Waals surface area contributed by atoms with Gasteiger partial charge in [-0.1, -0.05) is 23.2 Å². The zero-order valence-electron chi connectivity index (χ0n) is 7.96. The number of esters is 1. The average molecular weight is 243 g/mol. The minimum Gasteiger partial charge on any atom is -0.461 e. The topological polar surface area (TPSA) is 44.8 Å². The van der Waals surface area contributed by atoms with Crippen LogP contribution in [0.5, 0.6) is 0 Å². The molecule has 6 heteroatoms. The molecule has 14 heavy (non-hydrogen) atoms. The van der Waals surface area contributed by atoms with Gasteiger partial charge in [0.25, 0.3) is 0 Å². The molecule has 0 spiro atoms. The molecule has 0 bridgehead atoms. The van der Waals surface area contributed by atoms with Crippen molar-refractivity contribution < 1.29 is 19.0 Å². The van der Waals surface area contributed by atoms with Crippen LogP contribution in [0.1, 0.15) is 13.8 Å². The van der Waals surface area contributed by atoms with E-state index in [1.165, 1.54) is 0 Å². The van der Waals surface area contributed by atoms with Gasteiger partial charge in [0, 0.05) is 0 Å². The molecular weight excluding hydrogens is 231 g/mol. The maximum absolute atomic E-state index is 10.9. The lowest BCUT2D eigenvalue weighted by atomic mass is 10.4. The molecule has 1 atom stereocenters. The van der Waals surface area contributed by atoms with Crippen LogP contribution < -0.4 is 0 Å². The largest absolute Gasteiger partial charge is 0.461 e. The summed E-state index contributed by atoms with van der Waals surface area (Å²) in [7, 11) is 0. The van der Waals surface area contributed by atoms with Crippen LogP contribution in [0.3, 0.4) is 0 Å². The molecule has 1 aliphatic rings. The van der Waals surface area contributed by atoms with E-state index in [4.69, 9.17) is 37.4 Å². The lowest BCUT2D eigenvalue weighted by molar-refractivity contribution is -0.157. The highest BCUT2D eigenvalue weighted by Crippen LogP contribution is 2.22. The second kappa shape index (κ2) is 4.66.